The number of carbonyl (C=O) groups excluding carboxylic acids is 1. The maximum Gasteiger partial charge on any atom is 0.294 e. The van der Waals surface area contributed by atoms with Crippen molar-refractivity contribution in [1.82, 2.24) is 9.97 Å². The van der Waals surface area contributed by atoms with Gasteiger partial charge < -0.3 is 15.5 Å². The van der Waals surface area contributed by atoms with Crippen LogP contribution in [0.2, 0.25) is 5.02 Å². The predicted octanol–water partition coefficient (Wildman–Crippen LogP) is 2.71. The van der Waals surface area contributed by atoms with Crippen LogP contribution in [-0.2, 0) is 0 Å². The first kappa shape index (κ1) is 12.4. The highest BCUT2D eigenvalue weighted by Crippen LogP contribution is 2.27. The molecule has 100 valence electrons. The Morgan fingerprint density at radius 2 is 2.15 bits per heavy atom. The molecule has 7 heteroatoms. The van der Waals surface area contributed by atoms with Gasteiger partial charge in [0, 0.05) is 18.6 Å². The zero-order valence-electron chi connectivity index (χ0n) is 10.1. The highest BCUT2D eigenvalue weighted by atomic mass is 35.5. The van der Waals surface area contributed by atoms with E-state index in [0.29, 0.717) is 21.8 Å². The van der Waals surface area contributed by atoms with Crippen LogP contribution in [0.4, 0.5) is 11.5 Å². The van der Waals surface area contributed by atoms with Crippen molar-refractivity contribution in [2.75, 3.05) is 11.1 Å². The van der Waals surface area contributed by atoms with Crippen molar-refractivity contribution in [3.63, 3.8) is 0 Å². The second-order valence-corrected chi connectivity index (χ2v) is 4.47. The lowest BCUT2D eigenvalue weighted by molar-refractivity contribution is 0.0999. The summed E-state index contributed by atoms with van der Waals surface area (Å²) in [7, 11) is 0. The van der Waals surface area contributed by atoms with Crippen LogP contribution in [0.25, 0.3) is 11.0 Å². The molecule has 0 unspecified atom stereocenters. The third-order valence-electron chi connectivity index (χ3n) is 2.70. The molecule has 3 aromatic rings. The molecule has 0 bridgehead atoms. The fourth-order valence-electron chi connectivity index (χ4n) is 1.75. The van der Waals surface area contributed by atoms with Gasteiger partial charge >= 0.3 is 0 Å². The van der Waals surface area contributed by atoms with Crippen molar-refractivity contribution in [3.8, 4) is 0 Å². The summed E-state index contributed by atoms with van der Waals surface area (Å²) in [6.45, 7) is 0. The quantitative estimate of drug-likeness (QED) is 0.756. The summed E-state index contributed by atoms with van der Waals surface area (Å²) in [5, 5.41) is 3.67. The van der Waals surface area contributed by atoms with Crippen molar-refractivity contribution < 1.29 is 9.21 Å². The van der Waals surface area contributed by atoms with E-state index in [0.717, 1.165) is 0 Å². The topological polar surface area (TPSA) is 94.0 Å². The summed E-state index contributed by atoms with van der Waals surface area (Å²) >= 11 is 5.72. The van der Waals surface area contributed by atoms with Crippen LogP contribution >= 0.6 is 11.6 Å². The van der Waals surface area contributed by atoms with E-state index in [1.54, 1.807) is 30.6 Å². The maximum atomic E-state index is 12.1. The van der Waals surface area contributed by atoms with Crippen LogP contribution < -0.4 is 11.1 Å². The Morgan fingerprint density at radius 1 is 1.30 bits per heavy atom. The van der Waals surface area contributed by atoms with Gasteiger partial charge in [0.05, 0.1) is 16.1 Å². The molecule has 0 saturated carbocycles. The highest BCUT2D eigenvalue weighted by Gasteiger charge is 2.18. The molecular weight excluding hydrogens is 280 g/mol. The number of carbonyl (C=O) groups is 1. The van der Waals surface area contributed by atoms with Crippen LogP contribution in [0.5, 0.6) is 0 Å². The minimum Gasteiger partial charge on any atom is -0.448 e. The van der Waals surface area contributed by atoms with Crippen molar-refractivity contribution in [2.24, 2.45) is 0 Å². The number of pyridine rings is 2. The highest BCUT2D eigenvalue weighted by molar-refractivity contribution is 6.30. The lowest BCUT2D eigenvalue weighted by Crippen LogP contribution is -2.13. The Labute approximate surface area is 118 Å². The number of nitrogen functional groups attached to an aromatic ring is 1. The molecule has 0 atom stereocenters. The number of nitrogens with one attached hydrogen (secondary N) is 1. The molecule has 3 heterocycles. The Morgan fingerprint density at radius 3 is 2.85 bits per heavy atom. The second-order valence-electron chi connectivity index (χ2n) is 4.03. The molecule has 20 heavy (non-hydrogen) atoms. The molecule has 3 rings (SSSR count). The van der Waals surface area contributed by atoms with Gasteiger partial charge in [-0.3, -0.25) is 9.78 Å². The SMILES string of the molecule is Nc1c(C(=O)Nc2ccc(Cl)cn2)oc2ccncc12. The van der Waals surface area contributed by atoms with Crippen molar-refractivity contribution in [3.05, 3.63) is 47.6 Å². The summed E-state index contributed by atoms with van der Waals surface area (Å²) < 4.78 is 5.43. The first-order valence-corrected chi connectivity index (χ1v) is 6.08. The Balaban J connectivity index is 1.92. The van der Waals surface area contributed by atoms with Gasteiger partial charge in [-0.05, 0) is 18.2 Å². The average Bonchev–Trinajstić information content (AvgIpc) is 2.79. The van der Waals surface area contributed by atoms with E-state index < -0.39 is 5.91 Å². The molecule has 1 amide bonds. The van der Waals surface area contributed by atoms with Crippen molar-refractivity contribution >= 4 is 40.0 Å². The summed E-state index contributed by atoms with van der Waals surface area (Å²) in [5.41, 5.74) is 6.64. The number of aromatic nitrogens is 2. The molecule has 0 saturated heterocycles. The summed E-state index contributed by atoms with van der Waals surface area (Å²) in [6.07, 6.45) is 4.54. The Hall–Kier alpha value is -2.60. The minimum atomic E-state index is -0.478. The van der Waals surface area contributed by atoms with Crippen LogP contribution in [0.1, 0.15) is 10.6 Å². The van der Waals surface area contributed by atoms with Gasteiger partial charge in [0.15, 0.2) is 0 Å². The first-order chi connectivity index (χ1) is 9.65. The lowest BCUT2D eigenvalue weighted by atomic mass is 10.2. The Bertz CT molecular complexity index is 783. The third kappa shape index (κ3) is 2.17. The van der Waals surface area contributed by atoms with Gasteiger partial charge in [-0.15, -0.1) is 0 Å². The summed E-state index contributed by atoms with van der Waals surface area (Å²) in [4.78, 5) is 20.0. The minimum absolute atomic E-state index is 0.0322. The smallest absolute Gasteiger partial charge is 0.294 e. The fraction of sp³-hybridized carbons (Fsp3) is 0. The number of fused-ring (bicyclic) bond motifs is 1. The molecule has 3 N–H and O–H groups in total. The number of amides is 1. The van der Waals surface area contributed by atoms with E-state index in [9.17, 15) is 4.79 Å². The second kappa shape index (κ2) is 4.82. The number of hydrogen-bond acceptors (Lipinski definition) is 5. The summed E-state index contributed by atoms with van der Waals surface area (Å²) in [6, 6.07) is 4.85. The molecule has 0 fully saturated rings. The third-order valence-corrected chi connectivity index (χ3v) is 2.93. The van der Waals surface area contributed by atoms with E-state index in [1.165, 1.54) is 6.20 Å². The molecule has 0 spiro atoms. The van der Waals surface area contributed by atoms with Crippen LogP contribution in [-0.4, -0.2) is 15.9 Å². The number of nitrogens with two attached hydrogens (primary N) is 1. The van der Waals surface area contributed by atoms with Gasteiger partial charge in [-0.2, -0.15) is 0 Å². The van der Waals surface area contributed by atoms with Crippen LogP contribution in [0.15, 0.2) is 41.2 Å². The predicted molar refractivity (Wildman–Crippen MR) is 75.6 cm³/mol. The molecule has 3 aromatic heterocycles. The molecule has 0 aliphatic rings. The van der Waals surface area contributed by atoms with Crippen LogP contribution in [0.3, 0.4) is 0 Å². The number of furan rings is 1. The van der Waals surface area contributed by atoms with Crippen molar-refractivity contribution in [2.45, 2.75) is 0 Å². The lowest BCUT2D eigenvalue weighted by Gasteiger charge is -2.02. The maximum absolute atomic E-state index is 12.1. The van der Waals surface area contributed by atoms with Gasteiger partial charge in [0.2, 0.25) is 5.76 Å². The van der Waals surface area contributed by atoms with Gasteiger partial charge in [0.1, 0.15) is 11.4 Å². The van der Waals surface area contributed by atoms with Gasteiger partial charge in [0.25, 0.3) is 5.91 Å². The molecule has 0 aliphatic carbocycles. The van der Waals surface area contributed by atoms with E-state index in [4.69, 9.17) is 21.8 Å². The van der Waals surface area contributed by atoms with Gasteiger partial charge in [-0.25, -0.2) is 4.98 Å². The zero-order valence-corrected chi connectivity index (χ0v) is 10.9. The molecule has 6 nitrogen and oxygen atoms in total. The van der Waals surface area contributed by atoms with Crippen molar-refractivity contribution in [1.29, 1.82) is 0 Å². The first-order valence-electron chi connectivity index (χ1n) is 5.70. The molecule has 0 aromatic carbocycles. The van der Waals surface area contributed by atoms with E-state index in [-0.39, 0.29) is 11.4 Å². The number of nitrogens with zero attached hydrogens (tertiary/aromatic N) is 2. The standard InChI is InChI=1S/C13H9ClN4O2/c14-7-1-2-10(17-5-7)18-13(19)12-11(15)8-6-16-4-3-9(8)20-12/h1-6H,15H2,(H,17,18,19). The number of halogens is 1. The molecule has 0 radical (unpaired) electrons. The molecular formula is C13H9ClN4O2. The van der Waals surface area contributed by atoms with Crippen LogP contribution in [0, 0.1) is 0 Å². The average molecular weight is 289 g/mol. The fourth-order valence-corrected chi connectivity index (χ4v) is 1.86. The summed E-state index contributed by atoms with van der Waals surface area (Å²) in [5.74, 6) is -0.0874. The zero-order chi connectivity index (χ0) is 14.1. The number of hydrogen-bond donors (Lipinski definition) is 2. The normalized spacial score (nSPS) is 10.7. The monoisotopic (exact) mass is 288 g/mol. The Kier molecular flexibility index (Phi) is 3.00. The van der Waals surface area contributed by atoms with E-state index in [1.807, 2.05) is 0 Å². The van der Waals surface area contributed by atoms with E-state index >= 15 is 0 Å². The number of anilines is 2. The molecule has 0 aliphatic heterocycles. The largest absolute Gasteiger partial charge is 0.448 e. The van der Waals surface area contributed by atoms with E-state index in [2.05, 4.69) is 15.3 Å². The van der Waals surface area contributed by atoms with Gasteiger partial charge in [-0.1, -0.05) is 11.6 Å². The number of rotatable bonds is 2.